The lowest BCUT2D eigenvalue weighted by Gasteiger charge is -2.26. The molecule has 2 saturated carbocycles. The van der Waals surface area contributed by atoms with Crippen LogP contribution in [0.3, 0.4) is 0 Å². The fourth-order valence-corrected chi connectivity index (χ4v) is 6.27. The van der Waals surface area contributed by atoms with Crippen molar-refractivity contribution in [1.29, 1.82) is 0 Å². The van der Waals surface area contributed by atoms with E-state index in [0.717, 1.165) is 76.0 Å². The van der Waals surface area contributed by atoms with Crippen molar-refractivity contribution in [2.45, 2.75) is 68.1 Å². The summed E-state index contributed by atoms with van der Waals surface area (Å²) in [6.45, 7) is 2.03. The van der Waals surface area contributed by atoms with Crippen LogP contribution in [0.4, 0.5) is 0 Å². The molecule has 0 bridgehead atoms. The van der Waals surface area contributed by atoms with E-state index < -0.39 is 5.60 Å². The number of aliphatic hydroxyl groups excluding tert-OH is 1. The van der Waals surface area contributed by atoms with E-state index in [1.807, 2.05) is 19.2 Å². The first kappa shape index (κ1) is 20.3. The highest BCUT2D eigenvalue weighted by molar-refractivity contribution is 7.97. The zero-order chi connectivity index (χ0) is 20.9. The monoisotopic (exact) mass is 445 g/mol. The third-order valence-corrected chi connectivity index (χ3v) is 8.32. The SMILES string of the molecule is COc1ccc(-c2c(C)nc3sc(C4(O)CC4)cn23)cc1SN[C@H]1CC[C@@H](O)CC1. The van der Waals surface area contributed by atoms with E-state index in [4.69, 9.17) is 9.72 Å². The van der Waals surface area contributed by atoms with E-state index in [-0.39, 0.29) is 6.10 Å². The van der Waals surface area contributed by atoms with Gasteiger partial charge in [0.25, 0.3) is 0 Å². The Balaban J connectivity index is 1.44. The molecule has 0 aliphatic heterocycles. The Morgan fingerprint density at radius 3 is 2.73 bits per heavy atom. The van der Waals surface area contributed by atoms with E-state index in [2.05, 4.69) is 21.3 Å². The number of imidazole rings is 1. The van der Waals surface area contributed by atoms with E-state index in [0.29, 0.717) is 6.04 Å². The molecule has 0 atom stereocenters. The van der Waals surface area contributed by atoms with Crippen molar-refractivity contribution >= 4 is 28.2 Å². The molecule has 5 rings (SSSR count). The van der Waals surface area contributed by atoms with Crippen molar-refractivity contribution in [3.05, 3.63) is 35.0 Å². The summed E-state index contributed by atoms with van der Waals surface area (Å²) in [6, 6.07) is 6.62. The van der Waals surface area contributed by atoms with Crippen molar-refractivity contribution in [3.8, 4) is 17.0 Å². The van der Waals surface area contributed by atoms with Gasteiger partial charge in [0.15, 0.2) is 4.96 Å². The summed E-state index contributed by atoms with van der Waals surface area (Å²) in [5.74, 6) is 0.837. The standard InChI is InChI=1S/C22H27N3O3S2/c1-13-20(25-12-19(22(27)9-10-22)29-21(25)23-13)14-3-8-17(28-2)18(11-14)30-24-15-4-6-16(26)7-5-15/h3,8,11-12,15-16,24,26-27H,4-7,9-10H2,1-2H3/t15-,16+. The zero-order valence-electron chi connectivity index (χ0n) is 17.2. The molecule has 0 radical (unpaired) electrons. The summed E-state index contributed by atoms with van der Waals surface area (Å²) in [5.41, 5.74) is 2.47. The fourth-order valence-electron chi connectivity index (χ4n) is 4.13. The van der Waals surface area contributed by atoms with Crippen LogP contribution in [0.25, 0.3) is 16.2 Å². The Kier molecular flexibility index (Phi) is 5.31. The molecule has 3 aromatic rings. The molecule has 1 aromatic carbocycles. The van der Waals surface area contributed by atoms with Gasteiger partial charge in [-0.1, -0.05) is 11.3 Å². The third-order valence-electron chi connectivity index (χ3n) is 6.15. The number of aromatic nitrogens is 2. The number of fused-ring (bicyclic) bond motifs is 1. The predicted octanol–water partition coefficient (Wildman–Crippen LogP) is 4.26. The number of hydrogen-bond acceptors (Lipinski definition) is 7. The second-order valence-electron chi connectivity index (χ2n) is 8.42. The van der Waals surface area contributed by atoms with Gasteiger partial charge in [-0.15, -0.1) is 0 Å². The lowest BCUT2D eigenvalue weighted by molar-refractivity contribution is 0.121. The molecule has 0 unspecified atom stereocenters. The number of rotatable bonds is 6. The number of nitrogens with one attached hydrogen (secondary N) is 1. The molecular formula is C22H27N3O3S2. The van der Waals surface area contributed by atoms with Gasteiger partial charge in [0.05, 0.1) is 34.4 Å². The summed E-state index contributed by atoms with van der Waals surface area (Å²) in [5, 5.41) is 20.2. The van der Waals surface area contributed by atoms with Crippen LogP contribution in [0, 0.1) is 6.92 Å². The average Bonchev–Trinajstić information content (AvgIpc) is 3.23. The minimum absolute atomic E-state index is 0.151. The lowest BCUT2D eigenvalue weighted by Crippen LogP contribution is -2.30. The van der Waals surface area contributed by atoms with Crippen LogP contribution in [-0.2, 0) is 5.60 Å². The normalized spacial score (nSPS) is 23.1. The summed E-state index contributed by atoms with van der Waals surface area (Å²) < 4.78 is 11.3. The van der Waals surface area contributed by atoms with Gasteiger partial charge in [-0.25, -0.2) is 4.98 Å². The number of methoxy groups -OCH3 is 1. The van der Waals surface area contributed by atoms with Gasteiger partial charge in [-0.05, 0) is 75.6 Å². The molecule has 2 aromatic heterocycles. The van der Waals surface area contributed by atoms with Crippen molar-refractivity contribution in [2.24, 2.45) is 0 Å². The highest BCUT2D eigenvalue weighted by Crippen LogP contribution is 2.48. The van der Waals surface area contributed by atoms with E-state index in [1.165, 1.54) is 0 Å². The van der Waals surface area contributed by atoms with Gasteiger partial charge in [0.2, 0.25) is 0 Å². The number of hydrogen-bond donors (Lipinski definition) is 3. The summed E-state index contributed by atoms with van der Waals surface area (Å²) >= 11 is 3.17. The largest absolute Gasteiger partial charge is 0.496 e. The Morgan fingerprint density at radius 1 is 1.27 bits per heavy atom. The predicted molar refractivity (Wildman–Crippen MR) is 120 cm³/mol. The molecule has 160 valence electrons. The van der Waals surface area contributed by atoms with Gasteiger partial charge < -0.3 is 14.9 Å². The van der Waals surface area contributed by atoms with Crippen LogP contribution < -0.4 is 9.46 Å². The third kappa shape index (κ3) is 3.76. The van der Waals surface area contributed by atoms with Crippen LogP contribution >= 0.6 is 23.3 Å². The Bertz CT molecular complexity index is 1070. The molecule has 0 spiro atoms. The Hall–Kier alpha value is -1.58. The molecule has 6 nitrogen and oxygen atoms in total. The minimum Gasteiger partial charge on any atom is -0.496 e. The fraction of sp³-hybridized carbons (Fsp3) is 0.500. The number of thiazole rings is 1. The van der Waals surface area contributed by atoms with Crippen LogP contribution in [0.1, 0.15) is 49.1 Å². The van der Waals surface area contributed by atoms with E-state index >= 15 is 0 Å². The molecule has 8 heteroatoms. The summed E-state index contributed by atoms with van der Waals surface area (Å²) in [7, 11) is 1.69. The average molecular weight is 446 g/mol. The molecule has 2 aliphatic carbocycles. The van der Waals surface area contributed by atoms with Gasteiger partial charge in [0, 0.05) is 17.8 Å². The number of ether oxygens (including phenoxy) is 1. The van der Waals surface area contributed by atoms with Gasteiger partial charge in [-0.3, -0.25) is 9.12 Å². The molecule has 2 heterocycles. The van der Waals surface area contributed by atoms with Crippen LogP contribution in [0.2, 0.25) is 0 Å². The van der Waals surface area contributed by atoms with E-state index in [9.17, 15) is 10.2 Å². The van der Waals surface area contributed by atoms with Crippen molar-refractivity contribution < 1.29 is 14.9 Å². The number of aryl methyl sites for hydroxylation is 1. The molecular weight excluding hydrogens is 418 g/mol. The molecule has 30 heavy (non-hydrogen) atoms. The molecule has 3 N–H and O–H groups in total. The van der Waals surface area contributed by atoms with Crippen molar-refractivity contribution in [1.82, 2.24) is 14.1 Å². The highest BCUT2D eigenvalue weighted by Gasteiger charge is 2.44. The molecule has 2 aliphatic rings. The second kappa shape index (κ2) is 7.84. The lowest BCUT2D eigenvalue weighted by atomic mass is 9.94. The number of nitrogens with zero attached hydrogens (tertiary/aromatic N) is 2. The Labute approximate surface area is 184 Å². The first-order valence-electron chi connectivity index (χ1n) is 10.5. The quantitative estimate of drug-likeness (QED) is 0.492. The van der Waals surface area contributed by atoms with Crippen LogP contribution in [-0.4, -0.2) is 38.9 Å². The summed E-state index contributed by atoms with van der Waals surface area (Å²) in [4.78, 5) is 7.69. The van der Waals surface area contributed by atoms with Crippen molar-refractivity contribution in [2.75, 3.05) is 7.11 Å². The minimum atomic E-state index is -0.644. The topological polar surface area (TPSA) is 79.0 Å². The van der Waals surface area contributed by atoms with Crippen molar-refractivity contribution in [3.63, 3.8) is 0 Å². The molecule has 0 amide bonds. The van der Waals surface area contributed by atoms with Gasteiger partial charge in [0.1, 0.15) is 11.4 Å². The van der Waals surface area contributed by atoms with Crippen LogP contribution in [0.5, 0.6) is 5.75 Å². The van der Waals surface area contributed by atoms with Gasteiger partial charge >= 0.3 is 0 Å². The maximum Gasteiger partial charge on any atom is 0.194 e. The highest BCUT2D eigenvalue weighted by atomic mass is 32.2. The maximum absolute atomic E-state index is 10.5. The number of aliphatic hydroxyl groups is 2. The Morgan fingerprint density at radius 2 is 2.03 bits per heavy atom. The summed E-state index contributed by atoms with van der Waals surface area (Å²) in [6.07, 6.45) is 7.24. The zero-order valence-corrected chi connectivity index (χ0v) is 18.9. The number of benzene rings is 1. The molecule has 0 saturated heterocycles. The molecule has 2 fully saturated rings. The maximum atomic E-state index is 10.5. The first-order chi connectivity index (χ1) is 14.5. The second-order valence-corrected chi connectivity index (χ2v) is 10.3. The van der Waals surface area contributed by atoms with E-state index in [1.54, 1.807) is 30.4 Å². The van der Waals surface area contributed by atoms with Crippen LogP contribution in [0.15, 0.2) is 29.3 Å². The van der Waals surface area contributed by atoms with Gasteiger partial charge in [-0.2, -0.15) is 0 Å². The smallest absolute Gasteiger partial charge is 0.194 e. The first-order valence-corrected chi connectivity index (χ1v) is 12.1.